The Morgan fingerprint density at radius 3 is 2.67 bits per heavy atom. The Balaban J connectivity index is 1.60. The second-order valence-electron chi connectivity index (χ2n) is 8.14. The van der Waals surface area contributed by atoms with Crippen molar-refractivity contribution < 1.29 is 14.6 Å². The molecule has 0 fully saturated rings. The molecule has 186 valence electrons. The largest absolute Gasteiger partial charge is 0.495 e. The van der Waals surface area contributed by atoms with E-state index in [2.05, 4.69) is 20.6 Å². The first-order chi connectivity index (χ1) is 17.6. The van der Waals surface area contributed by atoms with Gasteiger partial charge in [-0.15, -0.1) is 0 Å². The molecule has 0 spiro atoms. The normalized spacial score (nSPS) is 11.5. The lowest BCUT2D eigenvalue weighted by atomic mass is 10.0. The monoisotopic (exact) mass is 486 g/mol. The molecule has 0 saturated carbocycles. The van der Waals surface area contributed by atoms with E-state index >= 15 is 0 Å². The predicted molar refractivity (Wildman–Crippen MR) is 143 cm³/mol. The molecule has 0 saturated heterocycles. The third kappa shape index (κ3) is 5.37. The standard InChI is InChI=1S/C27H30N6O3/c1-33-24(16-31-27(33)17-34)19-6-7-23(25(11-19)36-3)32-26-12-21-10-18(4-5-20(21)15-30-26)22(13-28)14-29-8-9-35-2/h4-7,10-16,28-29,34H,8-9,17H2,1-3H3,(H,30,32)/b22-14+,28-13?. The summed E-state index contributed by atoms with van der Waals surface area (Å²) in [6.07, 6.45) is 6.71. The number of aliphatic hydroxyl groups excluding tert-OH is 1. The van der Waals surface area contributed by atoms with E-state index in [9.17, 15) is 5.11 Å². The number of aromatic nitrogens is 3. The summed E-state index contributed by atoms with van der Waals surface area (Å²) in [6, 6.07) is 13.8. The highest BCUT2D eigenvalue weighted by atomic mass is 16.5. The smallest absolute Gasteiger partial charge is 0.143 e. The van der Waals surface area contributed by atoms with Gasteiger partial charge in [-0.3, -0.25) is 0 Å². The number of hydrogen-bond acceptors (Lipinski definition) is 8. The Morgan fingerprint density at radius 2 is 1.94 bits per heavy atom. The molecule has 4 rings (SSSR count). The van der Waals surface area contributed by atoms with Crippen molar-refractivity contribution in [2.24, 2.45) is 7.05 Å². The second kappa shape index (κ2) is 11.5. The van der Waals surface area contributed by atoms with E-state index in [1.807, 2.05) is 66.5 Å². The highest BCUT2D eigenvalue weighted by molar-refractivity contribution is 6.09. The number of nitrogens with zero attached hydrogens (tertiary/aromatic N) is 3. The lowest BCUT2D eigenvalue weighted by molar-refractivity contribution is 0.203. The molecule has 36 heavy (non-hydrogen) atoms. The number of anilines is 2. The minimum absolute atomic E-state index is 0.121. The fourth-order valence-electron chi connectivity index (χ4n) is 3.90. The molecule has 9 nitrogen and oxygen atoms in total. The van der Waals surface area contributed by atoms with Gasteiger partial charge in [-0.05, 0) is 35.2 Å². The van der Waals surface area contributed by atoms with Crippen LogP contribution < -0.4 is 15.4 Å². The molecule has 0 amide bonds. The van der Waals surface area contributed by atoms with Gasteiger partial charge in [0.05, 0.1) is 31.3 Å². The number of nitrogens with one attached hydrogen (secondary N) is 3. The topological polar surface area (TPSA) is 117 Å². The van der Waals surface area contributed by atoms with Crippen LogP contribution in [-0.4, -0.2) is 53.2 Å². The van der Waals surface area contributed by atoms with Gasteiger partial charge in [0, 0.05) is 55.8 Å². The zero-order chi connectivity index (χ0) is 25.5. The average molecular weight is 487 g/mol. The van der Waals surface area contributed by atoms with E-state index in [0.29, 0.717) is 30.5 Å². The predicted octanol–water partition coefficient (Wildman–Crippen LogP) is 4.11. The summed E-state index contributed by atoms with van der Waals surface area (Å²) in [4.78, 5) is 8.81. The zero-order valence-corrected chi connectivity index (χ0v) is 20.6. The third-order valence-corrected chi connectivity index (χ3v) is 5.90. The molecule has 0 aliphatic heterocycles. The fourth-order valence-corrected chi connectivity index (χ4v) is 3.90. The molecule has 4 N–H and O–H groups in total. The van der Waals surface area contributed by atoms with E-state index in [1.54, 1.807) is 20.4 Å². The van der Waals surface area contributed by atoms with Gasteiger partial charge in [0.15, 0.2) is 0 Å². The van der Waals surface area contributed by atoms with Gasteiger partial charge in [-0.2, -0.15) is 0 Å². The quantitative estimate of drug-likeness (QED) is 0.186. The number of pyridine rings is 1. The molecule has 0 bridgehead atoms. The first-order valence-electron chi connectivity index (χ1n) is 11.5. The molecular weight excluding hydrogens is 456 g/mol. The van der Waals surface area contributed by atoms with Crippen LogP contribution in [0.15, 0.2) is 61.1 Å². The van der Waals surface area contributed by atoms with Crippen molar-refractivity contribution in [3.05, 3.63) is 72.4 Å². The summed E-state index contributed by atoms with van der Waals surface area (Å²) in [6.45, 7) is 1.14. The molecule has 0 atom stereocenters. The minimum atomic E-state index is -0.121. The zero-order valence-electron chi connectivity index (χ0n) is 20.6. The van der Waals surface area contributed by atoms with E-state index in [1.165, 1.54) is 6.21 Å². The van der Waals surface area contributed by atoms with Crippen molar-refractivity contribution in [3.8, 4) is 17.0 Å². The molecule has 0 aliphatic rings. The molecule has 2 aromatic heterocycles. The first kappa shape index (κ1) is 24.9. The van der Waals surface area contributed by atoms with Crippen LogP contribution in [0.25, 0.3) is 27.6 Å². The summed E-state index contributed by atoms with van der Waals surface area (Å²) in [5, 5.41) is 25.8. The molecule has 4 aromatic rings. The Bertz CT molecular complexity index is 1400. The molecular formula is C27H30N6O3. The lowest BCUT2D eigenvalue weighted by Gasteiger charge is -2.13. The molecule has 0 radical (unpaired) electrons. The fraction of sp³-hybridized carbons (Fsp3) is 0.222. The van der Waals surface area contributed by atoms with E-state index in [4.69, 9.17) is 14.9 Å². The second-order valence-corrected chi connectivity index (χ2v) is 8.14. The number of allylic oxidation sites excluding steroid dienone is 1. The van der Waals surface area contributed by atoms with Gasteiger partial charge >= 0.3 is 0 Å². The summed E-state index contributed by atoms with van der Waals surface area (Å²) in [5.74, 6) is 1.93. The van der Waals surface area contributed by atoms with E-state index in [-0.39, 0.29) is 6.61 Å². The summed E-state index contributed by atoms with van der Waals surface area (Å²) >= 11 is 0. The molecule has 0 unspecified atom stereocenters. The summed E-state index contributed by atoms with van der Waals surface area (Å²) in [5.41, 5.74) is 4.28. The Morgan fingerprint density at radius 1 is 1.08 bits per heavy atom. The first-order valence-corrected chi connectivity index (χ1v) is 11.5. The summed E-state index contributed by atoms with van der Waals surface area (Å²) in [7, 11) is 5.15. The van der Waals surface area contributed by atoms with Crippen LogP contribution in [0.3, 0.4) is 0 Å². The van der Waals surface area contributed by atoms with Crippen LogP contribution >= 0.6 is 0 Å². The maximum Gasteiger partial charge on any atom is 0.143 e. The average Bonchev–Trinajstić information content (AvgIpc) is 3.28. The van der Waals surface area contributed by atoms with Crippen molar-refractivity contribution in [2.75, 3.05) is 32.7 Å². The number of ether oxygens (including phenoxy) is 2. The van der Waals surface area contributed by atoms with Crippen molar-refractivity contribution in [2.45, 2.75) is 6.61 Å². The number of aliphatic hydroxyl groups is 1. The third-order valence-electron chi connectivity index (χ3n) is 5.90. The van der Waals surface area contributed by atoms with Crippen molar-refractivity contribution >= 4 is 34.1 Å². The van der Waals surface area contributed by atoms with Crippen LogP contribution in [0.1, 0.15) is 11.4 Å². The van der Waals surface area contributed by atoms with Crippen LogP contribution in [0.4, 0.5) is 11.5 Å². The van der Waals surface area contributed by atoms with Crippen LogP contribution in [0, 0.1) is 5.41 Å². The number of benzene rings is 2. The Hall–Kier alpha value is -4.21. The number of hydrogen-bond donors (Lipinski definition) is 4. The van der Waals surface area contributed by atoms with Gasteiger partial charge in [-0.1, -0.05) is 18.2 Å². The van der Waals surface area contributed by atoms with Gasteiger partial charge in [0.1, 0.15) is 24.0 Å². The minimum Gasteiger partial charge on any atom is -0.495 e. The van der Waals surface area contributed by atoms with Crippen LogP contribution in [0.5, 0.6) is 5.75 Å². The van der Waals surface area contributed by atoms with E-state index < -0.39 is 0 Å². The molecule has 2 aromatic carbocycles. The summed E-state index contributed by atoms with van der Waals surface area (Å²) < 4.78 is 12.6. The number of imidazole rings is 1. The number of methoxy groups -OCH3 is 2. The SMILES string of the molecule is COCCN/C=C(\C=N)c1ccc2cnc(Nc3ccc(-c4cnc(CO)n4C)cc3OC)cc2c1. The van der Waals surface area contributed by atoms with Crippen molar-refractivity contribution in [1.82, 2.24) is 19.9 Å². The number of rotatable bonds is 11. The molecule has 0 aliphatic carbocycles. The highest BCUT2D eigenvalue weighted by Gasteiger charge is 2.12. The van der Waals surface area contributed by atoms with Crippen LogP contribution in [0.2, 0.25) is 0 Å². The number of fused-ring (bicyclic) bond motifs is 1. The Kier molecular flexibility index (Phi) is 7.94. The Labute approximate surface area is 209 Å². The molecule has 2 heterocycles. The highest BCUT2D eigenvalue weighted by Crippen LogP contribution is 2.33. The maximum atomic E-state index is 9.44. The van der Waals surface area contributed by atoms with E-state index in [0.717, 1.165) is 38.9 Å². The van der Waals surface area contributed by atoms with Gasteiger partial charge < -0.3 is 35.2 Å². The van der Waals surface area contributed by atoms with Crippen molar-refractivity contribution in [3.63, 3.8) is 0 Å². The lowest BCUT2D eigenvalue weighted by Crippen LogP contribution is -2.13. The molecule has 9 heteroatoms. The van der Waals surface area contributed by atoms with Crippen molar-refractivity contribution in [1.29, 1.82) is 5.41 Å². The maximum absolute atomic E-state index is 9.44. The van der Waals surface area contributed by atoms with Crippen LogP contribution in [-0.2, 0) is 18.4 Å². The van der Waals surface area contributed by atoms with Gasteiger partial charge in [0.2, 0.25) is 0 Å². The van der Waals surface area contributed by atoms with Gasteiger partial charge in [-0.25, -0.2) is 9.97 Å². The van der Waals surface area contributed by atoms with Gasteiger partial charge in [0.25, 0.3) is 0 Å².